The molecule has 190 valence electrons. The number of esters is 1. The van der Waals surface area contributed by atoms with Crippen molar-refractivity contribution < 1.29 is 13.9 Å². The molecule has 1 heterocycles. The number of hydrogen-bond donors (Lipinski definition) is 1. The zero-order chi connectivity index (χ0) is 26.0. The lowest BCUT2D eigenvalue weighted by Gasteiger charge is -2.16. The van der Waals surface area contributed by atoms with E-state index >= 15 is 0 Å². The van der Waals surface area contributed by atoms with Crippen molar-refractivity contribution in [2.45, 2.75) is 52.9 Å². The summed E-state index contributed by atoms with van der Waals surface area (Å²) in [6.45, 7) is 6.24. The van der Waals surface area contributed by atoms with Crippen molar-refractivity contribution in [2.75, 3.05) is 0 Å². The Morgan fingerprint density at radius 1 is 1.00 bits per heavy atom. The van der Waals surface area contributed by atoms with E-state index in [-0.39, 0.29) is 18.5 Å². The number of carbonyl (C=O) groups is 1. The van der Waals surface area contributed by atoms with Gasteiger partial charge in [-0.2, -0.15) is 0 Å². The minimum absolute atomic E-state index is 0.0299. The summed E-state index contributed by atoms with van der Waals surface area (Å²) in [4.78, 5) is 16.4. The minimum Gasteiger partial charge on any atom is -0.442 e. The molecule has 0 radical (unpaired) electrons. The highest BCUT2D eigenvalue weighted by Gasteiger charge is 2.23. The van der Waals surface area contributed by atoms with Crippen LogP contribution >= 0.6 is 0 Å². The number of fused-ring (bicyclic) bond motifs is 1. The Kier molecular flexibility index (Phi) is 6.89. The van der Waals surface area contributed by atoms with Crippen LogP contribution in [0.15, 0.2) is 73.1 Å². The third-order valence-electron chi connectivity index (χ3n) is 6.58. The van der Waals surface area contributed by atoms with Crippen LogP contribution in [0.25, 0.3) is 22.5 Å². The maximum absolute atomic E-state index is 13.5. The van der Waals surface area contributed by atoms with Crippen LogP contribution in [0.5, 0.6) is 0 Å². The monoisotopic (exact) mass is 498 g/mol. The SMILES string of the molecule is CC(C)(C)C(=O)OCn1cnc(-c2cccc(-c3ccc(CN[C@H]4Cc5ccc(F)cc5C4)cc3)c2)n1. The smallest absolute Gasteiger partial charge is 0.313 e. The van der Waals surface area contributed by atoms with Gasteiger partial charge in [0, 0.05) is 18.2 Å². The Bertz CT molecular complexity index is 1410. The predicted molar refractivity (Wildman–Crippen MR) is 141 cm³/mol. The van der Waals surface area contributed by atoms with Crippen LogP contribution < -0.4 is 5.32 Å². The van der Waals surface area contributed by atoms with Gasteiger partial charge in [-0.05, 0) is 79.6 Å². The molecule has 0 bridgehead atoms. The molecule has 6 nitrogen and oxygen atoms in total. The van der Waals surface area contributed by atoms with Crippen LogP contribution in [-0.4, -0.2) is 26.8 Å². The van der Waals surface area contributed by atoms with E-state index in [0.29, 0.717) is 11.9 Å². The topological polar surface area (TPSA) is 69.0 Å². The van der Waals surface area contributed by atoms with E-state index in [2.05, 4.69) is 51.8 Å². The molecule has 3 aromatic carbocycles. The van der Waals surface area contributed by atoms with E-state index in [1.165, 1.54) is 15.8 Å². The Balaban J connectivity index is 1.19. The molecule has 0 spiro atoms. The molecule has 5 rings (SSSR count). The first kappa shape index (κ1) is 24.8. The zero-order valence-electron chi connectivity index (χ0n) is 21.4. The first-order valence-corrected chi connectivity index (χ1v) is 12.5. The number of benzene rings is 3. The van der Waals surface area contributed by atoms with E-state index < -0.39 is 5.41 Å². The van der Waals surface area contributed by atoms with Crippen molar-refractivity contribution in [3.63, 3.8) is 0 Å². The molecule has 1 atom stereocenters. The summed E-state index contributed by atoms with van der Waals surface area (Å²) in [5.41, 5.74) is 6.05. The average Bonchev–Trinajstić information content (AvgIpc) is 3.52. The van der Waals surface area contributed by atoms with Gasteiger partial charge in [-0.25, -0.2) is 14.1 Å². The van der Waals surface area contributed by atoms with Crippen molar-refractivity contribution in [3.05, 3.63) is 95.6 Å². The fraction of sp³-hybridized carbons (Fsp3) is 0.300. The summed E-state index contributed by atoms with van der Waals surface area (Å²) in [5, 5.41) is 8.07. The number of aromatic nitrogens is 3. The molecule has 1 aromatic heterocycles. The molecule has 1 N–H and O–H groups in total. The lowest BCUT2D eigenvalue weighted by Crippen LogP contribution is -2.28. The Labute approximate surface area is 216 Å². The zero-order valence-corrected chi connectivity index (χ0v) is 21.4. The van der Waals surface area contributed by atoms with Gasteiger partial charge in [-0.3, -0.25) is 4.79 Å². The van der Waals surface area contributed by atoms with E-state index in [1.807, 2.05) is 39.0 Å². The lowest BCUT2D eigenvalue weighted by atomic mass is 9.98. The van der Waals surface area contributed by atoms with Crippen LogP contribution in [0, 0.1) is 11.2 Å². The fourth-order valence-electron chi connectivity index (χ4n) is 4.48. The summed E-state index contributed by atoms with van der Waals surface area (Å²) < 4.78 is 20.3. The number of rotatable bonds is 7. The molecule has 0 amide bonds. The molecular weight excluding hydrogens is 467 g/mol. The molecule has 0 fully saturated rings. The Morgan fingerprint density at radius 3 is 2.54 bits per heavy atom. The molecule has 0 saturated heterocycles. The van der Waals surface area contributed by atoms with Gasteiger partial charge in [0.2, 0.25) is 0 Å². The molecule has 0 aliphatic heterocycles. The van der Waals surface area contributed by atoms with Crippen LogP contribution in [-0.2, 0) is 35.6 Å². The van der Waals surface area contributed by atoms with Crippen molar-refractivity contribution in [1.29, 1.82) is 0 Å². The van der Waals surface area contributed by atoms with E-state index in [4.69, 9.17) is 4.74 Å². The molecular formula is C30H31FN4O2. The number of hydrogen-bond acceptors (Lipinski definition) is 5. The van der Waals surface area contributed by atoms with E-state index in [0.717, 1.165) is 41.6 Å². The van der Waals surface area contributed by atoms with Crippen molar-refractivity contribution in [3.8, 4) is 22.5 Å². The van der Waals surface area contributed by atoms with Gasteiger partial charge in [-0.1, -0.05) is 48.5 Å². The largest absolute Gasteiger partial charge is 0.442 e. The lowest BCUT2D eigenvalue weighted by molar-refractivity contribution is -0.157. The maximum atomic E-state index is 13.5. The van der Waals surface area contributed by atoms with Crippen molar-refractivity contribution in [1.82, 2.24) is 20.1 Å². The third kappa shape index (κ3) is 5.94. The second-order valence-corrected chi connectivity index (χ2v) is 10.6. The number of nitrogens with one attached hydrogen (secondary N) is 1. The number of ether oxygens (including phenoxy) is 1. The van der Waals surface area contributed by atoms with Crippen LogP contribution in [0.3, 0.4) is 0 Å². The summed E-state index contributed by atoms with van der Waals surface area (Å²) in [6, 6.07) is 22.0. The Hall–Kier alpha value is -3.84. The van der Waals surface area contributed by atoms with Crippen molar-refractivity contribution >= 4 is 5.97 Å². The summed E-state index contributed by atoms with van der Waals surface area (Å²) in [7, 11) is 0. The molecule has 1 aliphatic rings. The first-order valence-electron chi connectivity index (χ1n) is 12.5. The number of halogens is 1. The Morgan fingerprint density at radius 2 is 1.76 bits per heavy atom. The van der Waals surface area contributed by atoms with Gasteiger partial charge in [0.1, 0.15) is 12.1 Å². The predicted octanol–water partition coefficient (Wildman–Crippen LogP) is 5.56. The van der Waals surface area contributed by atoms with Crippen molar-refractivity contribution in [2.24, 2.45) is 5.41 Å². The molecule has 37 heavy (non-hydrogen) atoms. The highest BCUT2D eigenvalue weighted by molar-refractivity contribution is 5.75. The van der Waals surface area contributed by atoms with Gasteiger partial charge in [0.25, 0.3) is 0 Å². The van der Waals surface area contributed by atoms with Gasteiger partial charge < -0.3 is 10.1 Å². The van der Waals surface area contributed by atoms with E-state index in [1.54, 1.807) is 18.5 Å². The summed E-state index contributed by atoms with van der Waals surface area (Å²) in [5.74, 6) is 0.130. The third-order valence-corrected chi connectivity index (χ3v) is 6.58. The van der Waals surface area contributed by atoms with E-state index in [9.17, 15) is 9.18 Å². The summed E-state index contributed by atoms with van der Waals surface area (Å²) in [6.07, 6.45) is 3.36. The van der Waals surface area contributed by atoms with Gasteiger partial charge >= 0.3 is 5.97 Å². The van der Waals surface area contributed by atoms with Crippen LogP contribution in [0.2, 0.25) is 0 Å². The van der Waals surface area contributed by atoms with Gasteiger partial charge in [-0.15, -0.1) is 5.10 Å². The molecule has 7 heteroatoms. The number of carbonyl (C=O) groups excluding carboxylic acids is 1. The highest BCUT2D eigenvalue weighted by Crippen LogP contribution is 2.26. The van der Waals surface area contributed by atoms with Crippen LogP contribution in [0.1, 0.15) is 37.5 Å². The minimum atomic E-state index is -0.563. The maximum Gasteiger partial charge on any atom is 0.313 e. The van der Waals surface area contributed by atoms with Crippen LogP contribution in [0.4, 0.5) is 4.39 Å². The number of nitrogens with zero attached hydrogens (tertiary/aromatic N) is 3. The second-order valence-electron chi connectivity index (χ2n) is 10.6. The molecule has 0 saturated carbocycles. The first-order chi connectivity index (χ1) is 17.7. The average molecular weight is 499 g/mol. The van der Waals surface area contributed by atoms with Gasteiger partial charge in [0.15, 0.2) is 12.6 Å². The quantitative estimate of drug-likeness (QED) is 0.338. The standard InChI is InChI=1S/C30H31FN4O2/c1-30(2,3)29(36)37-19-35-18-33-28(34-35)24-6-4-5-22(13-24)21-9-7-20(8-10-21)17-32-27-15-23-11-12-26(31)14-25(23)16-27/h4-14,18,27,32H,15-17,19H2,1-3H3/t27-/m0/s1. The molecule has 0 unspecified atom stereocenters. The highest BCUT2D eigenvalue weighted by atomic mass is 19.1. The fourth-order valence-corrected chi connectivity index (χ4v) is 4.48. The van der Waals surface area contributed by atoms with Gasteiger partial charge in [0.05, 0.1) is 5.41 Å². The second kappa shape index (κ2) is 10.3. The molecule has 4 aromatic rings. The molecule has 1 aliphatic carbocycles. The normalized spacial score (nSPS) is 15.0. The summed E-state index contributed by atoms with van der Waals surface area (Å²) >= 11 is 0.